The second-order valence-electron chi connectivity index (χ2n) is 5.12. The zero-order chi connectivity index (χ0) is 13.7. The van der Waals surface area contributed by atoms with Crippen LogP contribution in [0.1, 0.15) is 51.8 Å². The predicted molar refractivity (Wildman–Crippen MR) is 79.7 cm³/mol. The number of hydrogen-bond acceptors (Lipinski definition) is 2. The van der Waals surface area contributed by atoms with Crippen LogP contribution in [0.2, 0.25) is 0 Å². The molecule has 0 bridgehead atoms. The molecule has 0 saturated heterocycles. The number of aromatic amines is 1. The molecule has 2 rings (SSSR count). The van der Waals surface area contributed by atoms with Gasteiger partial charge in [0.15, 0.2) is 0 Å². The first-order valence-electron chi connectivity index (χ1n) is 7.36. The van der Waals surface area contributed by atoms with Gasteiger partial charge in [-0.2, -0.15) is 0 Å². The number of unbranched alkanes of at least 4 members (excludes halogenated alkanes) is 2. The van der Waals surface area contributed by atoms with Gasteiger partial charge in [-0.05, 0) is 38.3 Å². The lowest BCUT2D eigenvalue weighted by Gasteiger charge is -2.17. The molecule has 1 aromatic carbocycles. The molecule has 0 radical (unpaired) electrons. The first kappa shape index (κ1) is 13.9. The van der Waals surface area contributed by atoms with Gasteiger partial charge in [0, 0.05) is 0 Å². The smallest absolute Gasteiger partial charge is 0.147 e. The summed E-state index contributed by atoms with van der Waals surface area (Å²) in [5.41, 5.74) is 2.01. The molecule has 1 unspecified atom stereocenters. The van der Waals surface area contributed by atoms with E-state index in [9.17, 15) is 0 Å². The van der Waals surface area contributed by atoms with E-state index in [0.29, 0.717) is 6.10 Å². The molecule has 0 aliphatic rings. The van der Waals surface area contributed by atoms with E-state index >= 15 is 0 Å². The number of benzene rings is 1. The topological polar surface area (TPSA) is 37.9 Å². The number of imidazole rings is 1. The third-order valence-electron chi connectivity index (χ3n) is 3.47. The van der Waals surface area contributed by atoms with Gasteiger partial charge in [-0.25, -0.2) is 4.98 Å². The molecule has 0 saturated carbocycles. The molecule has 0 amide bonds. The molecule has 3 nitrogen and oxygen atoms in total. The predicted octanol–water partition coefficient (Wildman–Crippen LogP) is 4.61. The van der Waals surface area contributed by atoms with Crippen LogP contribution in [0.3, 0.4) is 0 Å². The summed E-state index contributed by atoms with van der Waals surface area (Å²) >= 11 is 0. The average molecular weight is 260 g/mol. The highest BCUT2D eigenvalue weighted by Crippen LogP contribution is 2.26. The summed E-state index contributed by atoms with van der Waals surface area (Å²) in [4.78, 5) is 7.77. The maximum atomic E-state index is 6.15. The monoisotopic (exact) mass is 260 g/mol. The van der Waals surface area contributed by atoms with Gasteiger partial charge >= 0.3 is 0 Å². The van der Waals surface area contributed by atoms with Crippen molar-refractivity contribution in [3.05, 3.63) is 24.0 Å². The fourth-order valence-corrected chi connectivity index (χ4v) is 2.37. The summed E-state index contributed by atoms with van der Waals surface area (Å²) in [6.45, 7) is 6.39. The fourth-order valence-electron chi connectivity index (χ4n) is 2.37. The third kappa shape index (κ3) is 3.49. The lowest BCUT2D eigenvalue weighted by molar-refractivity contribution is 0.185. The Kier molecular flexibility index (Phi) is 4.83. The highest BCUT2D eigenvalue weighted by molar-refractivity contribution is 5.81. The van der Waals surface area contributed by atoms with Crippen LogP contribution in [0.25, 0.3) is 11.0 Å². The highest BCUT2D eigenvalue weighted by Gasteiger charge is 2.12. The lowest BCUT2D eigenvalue weighted by Crippen LogP contribution is -2.15. The minimum atomic E-state index is 0.300. The van der Waals surface area contributed by atoms with Gasteiger partial charge in [-0.1, -0.05) is 32.8 Å². The molecule has 1 N–H and O–H groups in total. The summed E-state index contributed by atoms with van der Waals surface area (Å²) in [7, 11) is 0. The summed E-state index contributed by atoms with van der Waals surface area (Å²) in [6.07, 6.45) is 6.25. The number of hydrogen-bond donors (Lipinski definition) is 1. The van der Waals surface area contributed by atoms with Gasteiger partial charge in [0.05, 0.1) is 11.6 Å². The van der Waals surface area contributed by atoms with Gasteiger partial charge < -0.3 is 9.72 Å². The zero-order valence-electron chi connectivity index (χ0n) is 12.2. The number of H-pyrrole nitrogens is 1. The standard InChI is InChI=1S/C16H24N2O/c1-4-6-7-9-13(5-2)19-15-11-8-10-14-16(15)18-12(3)17-14/h8,10-11,13H,4-7,9H2,1-3H3,(H,17,18). The molecule has 19 heavy (non-hydrogen) atoms. The Morgan fingerprint density at radius 1 is 1.26 bits per heavy atom. The van der Waals surface area contributed by atoms with Crippen molar-refractivity contribution in [1.29, 1.82) is 0 Å². The molecule has 104 valence electrons. The van der Waals surface area contributed by atoms with E-state index in [1.165, 1.54) is 19.3 Å². The summed E-state index contributed by atoms with van der Waals surface area (Å²) in [5.74, 6) is 1.84. The van der Waals surface area contributed by atoms with Crippen molar-refractivity contribution in [1.82, 2.24) is 9.97 Å². The van der Waals surface area contributed by atoms with Crippen molar-refractivity contribution in [2.24, 2.45) is 0 Å². The Labute approximate surface area is 115 Å². The molecular formula is C16H24N2O. The minimum absolute atomic E-state index is 0.300. The van der Waals surface area contributed by atoms with Crippen LogP contribution in [-0.2, 0) is 0 Å². The molecule has 2 aromatic rings. The Morgan fingerprint density at radius 2 is 2.11 bits per heavy atom. The maximum absolute atomic E-state index is 6.15. The second kappa shape index (κ2) is 6.60. The van der Waals surface area contributed by atoms with E-state index in [-0.39, 0.29) is 0 Å². The van der Waals surface area contributed by atoms with E-state index in [4.69, 9.17) is 4.74 Å². The van der Waals surface area contributed by atoms with Crippen molar-refractivity contribution in [2.45, 2.75) is 59.0 Å². The number of ether oxygens (including phenoxy) is 1. The van der Waals surface area contributed by atoms with Gasteiger partial charge in [0.2, 0.25) is 0 Å². The molecule has 0 fully saturated rings. The largest absolute Gasteiger partial charge is 0.488 e. The number of nitrogens with zero attached hydrogens (tertiary/aromatic N) is 1. The van der Waals surface area contributed by atoms with Crippen molar-refractivity contribution in [3.8, 4) is 5.75 Å². The van der Waals surface area contributed by atoms with E-state index in [0.717, 1.165) is 35.4 Å². The van der Waals surface area contributed by atoms with Crippen LogP contribution < -0.4 is 4.74 Å². The van der Waals surface area contributed by atoms with Crippen LogP contribution in [-0.4, -0.2) is 16.1 Å². The average Bonchev–Trinajstić information content (AvgIpc) is 2.79. The van der Waals surface area contributed by atoms with Crippen molar-refractivity contribution in [2.75, 3.05) is 0 Å². The minimum Gasteiger partial charge on any atom is -0.488 e. The molecule has 1 aromatic heterocycles. The summed E-state index contributed by atoms with van der Waals surface area (Å²) in [6, 6.07) is 6.08. The van der Waals surface area contributed by atoms with Gasteiger partial charge in [-0.15, -0.1) is 0 Å². The van der Waals surface area contributed by atoms with E-state index in [1.807, 2.05) is 25.1 Å². The van der Waals surface area contributed by atoms with Crippen molar-refractivity contribution in [3.63, 3.8) is 0 Å². The Balaban J connectivity index is 2.10. The first-order chi connectivity index (χ1) is 9.24. The number of para-hydroxylation sites is 1. The second-order valence-corrected chi connectivity index (χ2v) is 5.12. The quantitative estimate of drug-likeness (QED) is 0.738. The van der Waals surface area contributed by atoms with Gasteiger partial charge in [0.1, 0.15) is 17.1 Å². The van der Waals surface area contributed by atoms with Crippen LogP contribution in [0.4, 0.5) is 0 Å². The van der Waals surface area contributed by atoms with Crippen molar-refractivity contribution >= 4 is 11.0 Å². The Morgan fingerprint density at radius 3 is 2.84 bits per heavy atom. The molecule has 3 heteroatoms. The fraction of sp³-hybridized carbons (Fsp3) is 0.562. The molecule has 1 heterocycles. The number of nitrogens with one attached hydrogen (secondary N) is 1. The first-order valence-corrected chi connectivity index (χ1v) is 7.36. The van der Waals surface area contributed by atoms with Crippen molar-refractivity contribution < 1.29 is 4.74 Å². The number of fused-ring (bicyclic) bond motifs is 1. The normalized spacial score (nSPS) is 12.8. The van der Waals surface area contributed by atoms with E-state index < -0.39 is 0 Å². The molecule has 0 aliphatic heterocycles. The molecular weight excluding hydrogens is 236 g/mol. The number of rotatable bonds is 7. The molecule has 0 spiro atoms. The number of aromatic nitrogens is 2. The third-order valence-corrected chi connectivity index (χ3v) is 3.47. The Hall–Kier alpha value is -1.51. The van der Waals surface area contributed by atoms with E-state index in [1.54, 1.807) is 0 Å². The Bertz CT molecular complexity index is 518. The van der Waals surface area contributed by atoms with E-state index in [2.05, 4.69) is 23.8 Å². The maximum Gasteiger partial charge on any atom is 0.147 e. The van der Waals surface area contributed by atoms with Gasteiger partial charge in [0.25, 0.3) is 0 Å². The van der Waals surface area contributed by atoms with Gasteiger partial charge in [-0.3, -0.25) is 0 Å². The van der Waals surface area contributed by atoms with Crippen LogP contribution in [0.5, 0.6) is 5.75 Å². The zero-order valence-corrected chi connectivity index (χ0v) is 12.2. The number of aryl methyl sites for hydroxylation is 1. The van der Waals surface area contributed by atoms with Crippen LogP contribution in [0.15, 0.2) is 18.2 Å². The molecule has 0 aliphatic carbocycles. The SMILES string of the molecule is CCCCCC(CC)Oc1cccc2[nH]c(C)nc12. The van der Waals surface area contributed by atoms with Crippen LogP contribution >= 0.6 is 0 Å². The molecule has 1 atom stereocenters. The highest BCUT2D eigenvalue weighted by atomic mass is 16.5. The van der Waals surface area contributed by atoms with Crippen LogP contribution in [0, 0.1) is 6.92 Å². The summed E-state index contributed by atoms with van der Waals surface area (Å²) in [5, 5.41) is 0. The summed E-state index contributed by atoms with van der Waals surface area (Å²) < 4.78 is 6.15. The lowest BCUT2D eigenvalue weighted by atomic mass is 10.1.